The summed E-state index contributed by atoms with van der Waals surface area (Å²) in [5.74, 6) is 0. The largest absolute Gasteiger partial charge is 0.340 e. The van der Waals surface area contributed by atoms with E-state index in [9.17, 15) is 4.79 Å². The van der Waals surface area contributed by atoms with Gasteiger partial charge in [0.15, 0.2) is 0 Å². The zero-order chi connectivity index (χ0) is 32.7. The first-order chi connectivity index (χ1) is 23.7. The van der Waals surface area contributed by atoms with Crippen molar-refractivity contribution in [1.29, 1.82) is 0 Å². The monoisotopic (exact) mass is 624 g/mol. The van der Waals surface area contributed by atoms with Crippen molar-refractivity contribution in [3.8, 4) is 11.1 Å². The molecule has 0 radical (unpaired) electrons. The molecule has 0 bridgehead atoms. The molecule has 3 nitrogen and oxygen atoms in total. The maximum absolute atomic E-state index is 11.6. The number of benzene rings is 6. The summed E-state index contributed by atoms with van der Waals surface area (Å²) in [5, 5.41) is 2.34. The fourth-order valence-electron chi connectivity index (χ4n) is 6.64. The first-order valence-corrected chi connectivity index (χ1v) is 17.0. The van der Waals surface area contributed by atoms with E-state index >= 15 is 0 Å². The van der Waals surface area contributed by atoms with Gasteiger partial charge in [0.05, 0.1) is 0 Å². The number of anilines is 3. The van der Waals surface area contributed by atoms with Gasteiger partial charge in [-0.15, -0.1) is 0 Å². The average Bonchev–Trinajstić information content (AvgIpc) is 3.46. The number of aryl methyl sites for hydroxylation is 1. The third-order valence-corrected chi connectivity index (χ3v) is 9.15. The van der Waals surface area contributed by atoms with Gasteiger partial charge in [-0.1, -0.05) is 117 Å². The SMILES string of the molecule is CCCCCCn1c2ccc(C=O)cc2c2cc(C=Cc3ccc(-c4ccc(N(c5ccccc5)c5ccccc5)cc4)cc3)ccc21. The Hall–Kier alpha value is -5.67. The van der Waals surface area contributed by atoms with Gasteiger partial charge in [0.25, 0.3) is 0 Å². The van der Waals surface area contributed by atoms with Crippen molar-refractivity contribution in [2.24, 2.45) is 0 Å². The Labute approximate surface area is 283 Å². The number of carbonyl (C=O) groups excluding carboxylic acids is 1. The summed E-state index contributed by atoms with van der Waals surface area (Å²) in [4.78, 5) is 13.9. The first-order valence-electron chi connectivity index (χ1n) is 17.0. The van der Waals surface area contributed by atoms with Crippen LogP contribution in [0.25, 0.3) is 45.1 Å². The maximum atomic E-state index is 11.6. The molecule has 0 saturated carbocycles. The zero-order valence-corrected chi connectivity index (χ0v) is 27.4. The second-order valence-electron chi connectivity index (χ2n) is 12.4. The van der Waals surface area contributed by atoms with E-state index in [1.807, 2.05) is 24.3 Å². The summed E-state index contributed by atoms with van der Waals surface area (Å²) < 4.78 is 2.43. The Kier molecular flexibility index (Phi) is 9.29. The Bertz CT molecular complexity index is 2120. The van der Waals surface area contributed by atoms with E-state index in [1.165, 1.54) is 46.8 Å². The number of nitrogens with zero attached hydrogens (tertiary/aromatic N) is 2. The Balaban J connectivity index is 1.11. The van der Waals surface area contributed by atoms with E-state index in [2.05, 4.69) is 150 Å². The lowest BCUT2D eigenvalue weighted by Gasteiger charge is -2.25. The zero-order valence-electron chi connectivity index (χ0n) is 27.4. The molecule has 1 heterocycles. The van der Waals surface area contributed by atoms with Crippen LogP contribution in [0.2, 0.25) is 0 Å². The average molecular weight is 625 g/mol. The highest BCUT2D eigenvalue weighted by Crippen LogP contribution is 2.36. The number of aromatic nitrogens is 1. The molecule has 6 aromatic carbocycles. The highest BCUT2D eigenvalue weighted by molar-refractivity contribution is 6.10. The predicted molar refractivity (Wildman–Crippen MR) is 204 cm³/mol. The van der Waals surface area contributed by atoms with Crippen molar-refractivity contribution >= 4 is 57.3 Å². The van der Waals surface area contributed by atoms with Gasteiger partial charge in [0, 0.05) is 51.0 Å². The molecule has 1 aromatic heterocycles. The van der Waals surface area contributed by atoms with E-state index < -0.39 is 0 Å². The number of hydrogen-bond donors (Lipinski definition) is 0. The van der Waals surface area contributed by atoms with Crippen LogP contribution >= 0.6 is 0 Å². The molecule has 0 atom stereocenters. The molecule has 0 fully saturated rings. The van der Waals surface area contributed by atoms with Gasteiger partial charge >= 0.3 is 0 Å². The smallest absolute Gasteiger partial charge is 0.150 e. The highest BCUT2D eigenvalue weighted by atomic mass is 16.1. The number of hydrogen-bond acceptors (Lipinski definition) is 2. The minimum Gasteiger partial charge on any atom is -0.340 e. The Morgan fingerprint density at radius 3 is 1.60 bits per heavy atom. The second kappa shape index (κ2) is 14.4. The van der Waals surface area contributed by atoms with Crippen LogP contribution in [0.3, 0.4) is 0 Å². The number of para-hydroxylation sites is 2. The molecule has 0 aliphatic carbocycles. The lowest BCUT2D eigenvalue weighted by Crippen LogP contribution is -2.09. The van der Waals surface area contributed by atoms with Crippen molar-refractivity contribution in [2.45, 2.75) is 39.2 Å². The summed E-state index contributed by atoms with van der Waals surface area (Å²) in [6.07, 6.45) is 10.2. The quantitative estimate of drug-likeness (QED) is 0.0768. The van der Waals surface area contributed by atoms with Crippen LogP contribution < -0.4 is 4.90 Å². The first kappa shape index (κ1) is 31.0. The van der Waals surface area contributed by atoms with Gasteiger partial charge in [0.1, 0.15) is 6.29 Å². The molecule has 0 saturated heterocycles. The number of fused-ring (bicyclic) bond motifs is 3. The molecule has 0 aliphatic rings. The number of unbranched alkanes of at least 4 members (excludes halogenated alkanes) is 3. The molecule has 3 heteroatoms. The van der Waals surface area contributed by atoms with Gasteiger partial charge in [-0.3, -0.25) is 4.79 Å². The second-order valence-corrected chi connectivity index (χ2v) is 12.4. The molecule has 7 aromatic rings. The van der Waals surface area contributed by atoms with E-state index in [1.54, 1.807) is 0 Å². The summed E-state index contributed by atoms with van der Waals surface area (Å²) >= 11 is 0. The Morgan fingerprint density at radius 1 is 0.521 bits per heavy atom. The molecule has 0 unspecified atom stereocenters. The van der Waals surface area contributed by atoms with Crippen molar-refractivity contribution in [2.75, 3.05) is 4.90 Å². The van der Waals surface area contributed by atoms with Crippen LogP contribution in [-0.4, -0.2) is 10.9 Å². The number of carbonyl (C=O) groups is 1. The van der Waals surface area contributed by atoms with Gasteiger partial charge in [-0.25, -0.2) is 0 Å². The fraction of sp³-hybridized carbons (Fsp3) is 0.133. The molecule has 0 amide bonds. The van der Waals surface area contributed by atoms with Gasteiger partial charge in [-0.2, -0.15) is 0 Å². The van der Waals surface area contributed by atoms with Crippen LogP contribution in [0.15, 0.2) is 146 Å². The Morgan fingerprint density at radius 2 is 1.02 bits per heavy atom. The lowest BCUT2D eigenvalue weighted by atomic mass is 10.0. The van der Waals surface area contributed by atoms with Crippen LogP contribution in [-0.2, 0) is 6.54 Å². The highest BCUT2D eigenvalue weighted by Gasteiger charge is 2.13. The van der Waals surface area contributed by atoms with Crippen LogP contribution in [0, 0.1) is 0 Å². The molecule has 236 valence electrons. The van der Waals surface area contributed by atoms with Crippen molar-refractivity contribution in [1.82, 2.24) is 4.57 Å². The summed E-state index contributed by atoms with van der Waals surface area (Å²) in [6, 6.07) is 51.3. The third-order valence-electron chi connectivity index (χ3n) is 9.15. The van der Waals surface area contributed by atoms with E-state index in [-0.39, 0.29) is 0 Å². The third kappa shape index (κ3) is 6.59. The standard InChI is InChI=1S/C45H40N2O/c1-2-3-4-11-30-46-44-28-20-35(31-42(44)43-32-36(33-48)21-29-45(43)46)17-16-34-18-22-37(23-19-34)38-24-26-41(27-25-38)47(39-12-7-5-8-13-39)40-14-9-6-10-15-40/h5-10,12-29,31-33H,2-4,11,30H2,1H3. The molecular weight excluding hydrogens is 585 g/mol. The lowest BCUT2D eigenvalue weighted by molar-refractivity contribution is 0.112. The summed E-state index contributed by atoms with van der Waals surface area (Å²) in [6.45, 7) is 3.24. The van der Waals surface area contributed by atoms with Crippen LogP contribution in [0.4, 0.5) is 17.1 Å². The normalized spacial score (nSPS) is 11.4. The minimum absolute atomic E-state index is 0.716. The predicted octanol–water partition coefficient (Wildman–Crippen LogP) is 12.5. The van der Waals surface area contributed by atoms with E-state index in [0.717, 1.165) is 52.8 Å². The summed E-state index contributed by atoms with van der Waals surface area (Å²) in [5.41, 5.74) is 11.2. The van der Waals surface area contributed by atoms with Crippen molar-refractivity contribution in [3.63, 3.8) is 0 Å². The molecule has 48 heavy (non-hydrogen) atoms. The summed E-state index contributed by atoms with van der Waals surface area (Å²) in [7, 11) is 0. The fourth-order valence-corrected chi connectivity index (χ4v) is 6.64. The van der Waals surface area contributed by atoms with Gasteiger partial charge in [-0.05, 0) is 95.4 Å². The van der Waals surface area contributed by atoms with Crippen LogP contribution in [0.5, 0.6) is 0 Å². The van der Waals surface area contributed by atoms with E-state index in [4.69, 9.17) is 0 Å². The maximum Gasteiger partial charge on any atom is 0.150 e. The topological polar surface area (TPSA) is 25.2 Å². The minimum atomic E-state index is 0.716. The molecule has 7 rings (SSSR count). The number of rotatable bonds is 12. The van der Waals surface area contributed by atoms with Crippen LogP contribution in [0.1, 0.15) is 54.1 Å². The number of aldehydes is 1. The van der Waals surface area contributed by atoms with E-state index in [0.29, 0.717) is 5.56 Å². The molecule has 0 aliphatic heterocycles. The van der Waals surface area contributed by atoms with Crippen molar-refractivity contribution < 1.29 is 4.79 Å². The van der Waals surface area contributed by atoms with Gasteiger partial charge < -0.3 is 9.47 Å². The van der Waals surface area contributed by atoms with Gasteiger partial charge in [0.2, 0.25) is 0 Å². The van der Waals surface area contributed by atoms with Crippen molar-refractivity contribution in [3.05, 3.63) is 162 Å². The molecular formula is C45H40N2O. The molecule has 0 spiro atoms. The molecule has 0 N–H and O–H groups in total.